The minimum absolute atomic E-state index is 0.00491. The number of methoxy groups -OCH3 is 1. The minimum Gasteiger partial charge on any atom is -0.468 e. The number of rotatable bonds is 8. The Hall–Kier alpha value is -1.31. The van der Waals surface area contributed by atoms with Crippen LogP contribution in [0.25, 0.3) is 0 Å². The highest BCUT2D eigenvalue weighted by Gasteiger charge is 2.25. The zero-order chi connectivity index (χ0) is 21.8. The number of nitrogens with one attached hydrogen (secondary N) is 1. The van der Waals surface area contributed by atoms with Crippen LogP contribution in [0.4, 0.5) is 10.8 Å². The summed E-state index contributed by atoms with van der Waals surface area (Å²) in [5.74, 6) is -1.08. The van der Waals surface area contributed by atoms with Crippen LogP contribution in [0.1, 0.15) is 0 Å². The molecule has 0 radical (unpaired) electrons. The van der Waals surface area contributed by atoms with Gasteiger partial charge in [-0.2, -0.15) is 0 Å². The van der Waals surface area contributed by atoms with Crippen LogP contribution in [0.3, 0.4) is 0 Å². The predicted octanol–water partition coefficient (Wildman–Crippen LogP) is 3.17. The highest BCUT2D eigenvalue weighted by Crippen LogP contribution is 2.35. The van der Waals surface area contributed by atoms with Gasteiger partial charge in [-0.1, -0.05) is 57.9 Å². The van der Waals surface area contributed by atoms with Gasteiger partial charge in [0.05, 0.1) is 39.9 Å². The summed E-state index contributed by atoms with van der Waals surface area (Å²) in [6.07, 6.45) is 0.922. The Kier molecular flexibility index (Phi) is 8.37. The Morgan fingerprint density at radius 1 is 1.21 bits per heavy atom. The molecule has 15 heteroatoms. The van der Waals surface area contributed by atoms with E-state index < -0.39 is 28.4 Å². The highest BCUT2D eigenvalue weighted by atomic mass is 35.5. The Labute approximate surface area is 189 Å². The number of ether oxygens (including phenoxy) is 1. The van der Waals surface area contributed by atoms with Gasteiger partial charge in [0.25, 0.3) is 0 Å². The highest BCUT2D eigenvalue weighted by molar-refractivity contribution is 8.01. The average molecular weight is 520 g/mol. The summed E-state index contributed by atoms with van der Waals surface area (Å²) in [5, 5.41) is 10.4. The smallest absolute Gasteiger partial charge is 0.316 e. The molecule has 2 aromatic rings. The number of halogens is 3. The van der Waals surface area contributed by atoms with Crippen molar-refractivity contribution in [3.05, 3.63) is 27.2 Å². The molecule has 0 saturated heterocycles. The molecule has 0 aliphatic carbocycles. The van der Waals surface area contributed by atoms with Gasteiger partial charge in [-0.05, 0) is 12.1 Å². The molecule has 158 valence electrons. The lowest BCUT2D eigenvalue weighted by molar-refractivity contribution is -0.137. The fraction of sp³-hybridized carbons (Fsp3) is 0.286. The Bertz CT molecular complexity index is 1030. The molecule has 0 aliphatic rings. The number of sulfonamides is 1. The minimum atomic E-state index is -3.88. The van der Waals surface area contributed by atoms with Crippen molar-refractivity contribution in [2.24, 2.45) is 0 Å². The third-order valence-electron chi connectivity index (χ3n) is 3.14. The van der Waals surface area contributed by atoms with Crippen LogP contribution in [0.2, 0.25) is 15.1 Å². The molecular formula is C14H13Cl3N4O5S3. The average Bonchev–Trinajstić information content (AvgIpc) is 3.07. The van der Waals surface area contributed by atoms with Crippen molar-refractivity contribution < 1.29 is 22.7 Å². The molecule has 1 amide bonds. The summed E-state index contributed by atoms with van der Waals surface area (Å²) < 4.78 is 30.1. The van der Waals surface area contributed by atoms with E-state index in [-0.39, 0.29) is 31.6 Å². The van der Waals surface area contributed by atoms with Gasteiger partial charge in [0.15, 0.2) is 4.34 Å². The molecule has 1 heterocycles. The predicted molar refractivity (Wildman–Crippen MR) is 115 cm³/mol. The maximum absolute atomic E-state index is 12.4. The summed E-state index contributed by atoms with van der Waals surface area (Å²) in [6.45, 7) is -0.583. The first-order valence-electron chi connectivity index (χ1n) is 7.46. The SMILES string of the molecule is COC(=O)CSc1nnc(NC(=O)CN(c2cc(Cl)c(Cl)cc2Cl)S(C)(=O)=O)s1. The normalized spacial score (nSPS) is 11.2. The van der Waals surface area contributed by atoms with E-state index >= 15 is 0 Å². The number of thioether (sulfide) groups is 1. The lowest BCUT2D eigenvalue weighted by atomic mass is 10.3. The number of hydrogen-bond acceptors (Lipinski definition) is 9. The summed E-state index contributed by atoms with van der Waals surface area (Å²) >= 11 is 20.0. The largest absolute Gasteiger partial charge is 0.468 e. The van der Waals surface area contributed by atoms with Crippen LogP contribution in [0, 0.1) is 0 Å². The monoisotopic (exact) mass is 518 g/mol. The maximum Gasteiger partial charge on any atom is 0.316 e. The van der Waals surface area contributed by atoms with E-state index in [0.717, 1.165) is 33.7 Å². The lowest BCUT2D eigenvalue weighted by Crippen LogP contribution is -2.37. The lowest BCUT2D eigenvalue weighted by Gasteiger charge is -2.23. The van der Waals surface area contributed by atoms with Crippen molar-refractivity contribution in [1.29, 1.82) is 0 Å². The van der Waals surface area contributed by atoms with E-state index in [0.29, 0.717) is 4.34 Å². The Balaban J connectivity index is 2.13. The molecule has 0 saturated carbocycles. The molecule has 9 nitrogen and oxygen atoms in total. The van der Waals surface area contributed by atoms with Gasteiger partial charge in [-0.15, -0.1) is 10.2 Å². The Morgan fingerprint density at radius 2 is 1.86 bits per heavy atom. The first kappa shape index (κ1) is 24.0. The van der Waals surface area contributed by atoms with E-state index in [1.54, 1.807) is 0 Å². The molecule has 0 atom stereocenters. The number of esters is 1. The van der Waals surface area contributed by atoms with Gasteiger partial charge >= 0.3 is 5.97 Å². The Morgan fingerprint density at radius 3 is 2.48 bits per heavy atom. The molecule has 0 unspecified atom stereocenters. The summed E-state index contributed by atoms with van der Waals surface area (Å²) in [4.78, 5) is 23.5. The molecule has 0 bridgehead atoms. The molecule has 2 rings (SSSR count). The van der Waals surface area contributed by atoms with Gasteiger partial charge in [0.1, 0.15) is 6.54 Å². The molecule has 0 fully saturated rings. The second kappa shape index (κ2) is 10.1. The number of anilines is 2. The molecule has 0 aliphatic heterocycles. The zero-order valence-corrected chi connectivity index (χ0v) is 19.5. The molecule has 29 heavy (non-hydrogen) atoms. The topological polar surface area (TPSA) is 119 Å². The fourth-order valence-corrected chi connectivity index (χ4v) is 5.03. The van der Waals surface area contributed by atoms with Crippen molar-refractivity contribution in [1.82, 2.24) is 10.2 Å². The standard InChI is InChI=1S/C14H13Cl3N4O5S3/c1-26-12(23)6-27-14-20-19-13(28-14)18-11(22)5-21(29(2,24)25)10-4-8(16)7(15)3-9(10)17/h3-4H,5-6H2,1-2H3,(H,18,19,22). The summed E-state index contributed by atoms with van der Waals surface area (Å²) in [5.41, 5.74) is 0.00491. The molecule has 1 aromatic carbocycles. The third kappa shape index (κ3) is 6.86. The second-order valence-electron chi connectivity index (χ2n) is 5.27. The van der Waals surface area contributed by atoms with Gasteiger partial charge in [0.2, 0.25) is 21.1 Å². The van der Waals surface area contributed by atoms with Crippen LogP contribution in [0.5, 0.6) is 0 Å². The van der Waals surface area contributed by atoms with Crippen LogP contribution < -0.4 is 9.62 Å². The van der Waals surface area contributed by atoms with Crippen LogP contribution in [-0.2, 0) is 24.3 Å². The van der Waals surface area contributed by atoms with Crippen LogP contribution in [-0.4, -0.2) is 56.2 Å². The number of aromatic nitrogens is 2. The number of benzene rings is 1. The first-order valence-corrected chi connectivity index (χ1v) is 12.2. The fourth-order valence-electron chi connectivity index (χ4n) is 1.87. The maximum atomic E-state index is 12.4. The molecule has 1 aromatic heterocycles. The molecule has 0 spiro atoms. The number of carbonyl (C=O) groups is 2. The third-order valence-corrected chi connectivity index (χ3v) is 7.24. The van der Waals surface area contributed by atoms with Crippen molar-refractivity contribution in [3.8, 4) is 0 Å². The van der Waals surface area contributed by atoms with E-state index in [1.165, 1.54) is 19.2 Å². The van der Waals surface area contributed by atoms with Crippen molar-refractivity contribution >= 4 is 90.6 Å². The second-order valence-corrected chi connectivity index (χ2v) is 10.6. The molecule has 1 N–H and O–H groups in total. The van der Waals surface area contributed by atoms with Crippen molar-refractivity contribution in [3.63, 3.8) is 0 Å². The molecular weight excluding hydrogens is 507 g/mol. The number of hydrogen-bond donors (Lipinski definition) is 1. The number of carbonyl (C=O) groups excluding carboxylic acids is 2. The van der Waals surface area contributed by atoms with E-state index in [4.69, 9.17) is 34.8 Å². The van der Waals surface area contributed by atoms with E-state index in [1.807, 2.05) is 0 Å². The van der Waals surface area contributed by atoms with Gasteiger partial charge in [-0.3, -0.25) is 19.2 Å². The van der Waals surface area contributed by atoms with Gasteiger partial charge < -0.3 is 4.74 Å². The van der Waals surface area contributed by atoms with Crippen LogP contribution in [0.15, 0.2) is 16.5 Å². The quantitative estimate of drug-likeness (QED) is 0.244. The summed E-state index contributed by atoms with van der Waals surface area (Å²) in [7, 11) is -2.61. The van der Waals surface area contributed by atoms with Crippen molar-refractivity contribution in [2.75, 3.05) is 35.3 Å². The first-order chi connectivity index (χ1) is 13.5. The van der Waals surface area contributed by atoms with E-state index in [2.05, 4.69) is 20.3 Å². The van der Waals surface area contributed by atoms with Gasteiger partial charge in [0, 0.05) is 0 Å². The van der Waals surface area contributed by atoms with Crippen LogP contribution >= 0.6 is 57.9 Å². The van der Waals surface area contributed by atoms with Gasteiger partial charge in [-0.25, -0.2) is 8.42 Å². The number of nitrogens with zero attached hydrogens (tertiary/aromatic N) is 3. The summed E-state index contributed by atoms with van der Waals surface area (Å²) in [6, 6.07) is 2.54. The van der Waals surface area contributed by atoms with E-state index in [9.17, 15) is 18.0 Å². The van der Waals surface area contributed by atoms with Crippen molar-refractivity contribution in [2.45, 2.75) is 4.34 Å². The zero-order valence-electron chi connectivity index (χ0n) is 14.8. The number of amides is 1.